The molecule has 1 fully saturated rings. The molecule has 0 bridgehead atoms. The molecule has 1 aliphatic rings. The third-order valence-electron chi connectivity index (χ3n) is 3.70. The van der Waals surface area contributed by atoms with Crippen molar-refractivity contribution in [2.75, 3.05) is 40.3 Å². The molecule has 16 heavy (non-hydrogen) atoms. The molecule has 0 aromatic carbocycles. The molecule has 1 aliphatic heterocycles. The van der Waals surface area contributed by atoms with Crippen LogP contribution in [0.25, 0.3) is 0 Å². The van der Waals surface area contributed by atoms with Crippen LogP contribution in [0.1, 0.15) is 20.8 Å². The minimum absolute atomic E-state index is 0.136. The standard InChI is InChI=1S/C12H25N3O/c1-6-13(4)12(16)14(5)11-9-15(7-2)8-10(11)3/h10-11H,6-9H2,1-5H3. The first-order chi connectivity index (χ1) is 7.51. The lowest BCUT2D eigenvalue weighted by Crippen LogP contribution is -2.47. The van der Waals surface area contributed by atoms with E-state index in [0.717, 1.165) is 26.2 Å². The maximum Gasteiger partial charge on any atom is 0.319 e. The van der Waals surface area contributed by atoms with Crippen molar-refractivity contribution in [3.05, 3.63) is 0 Å². The number of likely N-dealkylation sites (N-methyl/N-ethyl adjacent to an activating group) is 2. The van der Waals surface area contributed by atoms with E-state index in [9.17, 15) is 4.79 Å². The van der Waals surface area contributed by atoms with E-state index in [1.807, 2.05) is 25.9 Å². The lowest BCUT2D eigenvalue weighted by atomic mass is 10.1. The van der Waals surface area contributed by atoms with E-state index in [0.29, 0.717) is 12.0 Å². The third-order valence-corrected chi connectivity index (χ3v) is 3.70. The van der Waals surface area contributed by atoms with Gasteiger partial charge in [-0.3, -0.25) is 0 Å². The monoisotopic (exact) mass is 227 g/mol. The van der Waals surface area contributed by atoms with Gasteiger partial charge >= 0.3 is 6.03 Å². The number of hydrogen-bond donors (Lipinski definition) is 0. The summed E-state index contributed by atoms with van der Waals surface area (Å²) in [5.74, 6) is 0.569. The number of amides is 2. The number of urea groups is 1. The predicted molar refractivity (Wildman–Crippen MR) is 66.5 cm³/mol. The van der Waals surface area contributed by atoms with E-state index >= 15 is 0 Å². The van der Waals surface area contributed by atoms with Crippen molar-refractivity contribution in [3.63, 3.8) is 0 Å². The van der Waals surface area contributed by atoms with Crippen molar-refractivity contribution < 1.29 is 4.79 Å². The molecule has 2 amide bonds. The predicted octanol–water partition coefficient (Wildman–Crippen LogP) is 1.33. The zero-order valence-electron chi connectivity index (χ0n) is 11.2. The van der Waals surface area contributed by atoms with Crippen LogP contribution in [0.5, 0.6) is 0 Å². The Kier molecular flexibility index (Phi) is 4.59. The van der Waals surface area contributed by atoms with E-state index in [-0.39, 0.29) is 6.03 Å². The van der Waals surface area contributed by atoms with Gasteiger partial charge in [-0.15, -0.1) is 0 Å². The molecular weight excluding hydrogens is 202 g/mol. The summed E-state index contributed by atoms with van der Waals surface area (Å²) in [5.41, 5.74) is 0. The lowest BCUT2D eigenvalue weighted by Gasteiger charge is -2.31. The van der Waals surface area contributed by atoms with Gasteiger partial charge in [-0.2, -0.15) is 0 Å². The van der Waals surface area contributed by atoms with Crippen LogP contribution in [-0.2, 0) is 0 Å². The van der Waals surface area contributed by atoms with E-state index in [4.69, 9.17) is 0 Å². The minimum atomic E-state index is 0.136. The van der Waals surface area contributed by atoms with Crippen LogP contribution in [0.2, 0.25) is 0 Å². The van der Waals surface area contributed by atoms with Gasteiger partial charge in [0.05, 0.1) is 0 Å². The molecule has 1 saturated heterocycles. The molecule has 4 nitrogen and oxygen atoms in total. The zero-order valence-corrected chi connectivity index (χ0v) is 11.2. The molecular formula is C12H25N3O. The average Bonchev–Trinajstić information content (AvgIpc) is 2.67. The van der Waals surface area contributed by atoms with Crippen molar-refractivity contribution in [1.29, 1.82) is 0 Å². The molecule has 0 aromatic rings. The molecule has 0 aromatic heterocycles. The Bertz CT molecular complexity index is 244. The normalized spacial score (nSPS) is 25.8. The summed E-state index contributed by atoms with van der Waals surface area (Å²) in [6.07, 6.45) is 0. The van der Waals surface area contributed by atoms with Crippen LogP contribution in [0.4, 0.5) is 4.79 Å². The zero-order chi connectivity index (χ0) is 12.3. The quantitative estimate of drug-likeness (QED) is 0.727. The van der Waals surface area contributed by atoms with E-state index < -0.39 is 0 Å². The Balaban J connectivity index is 2.60. The highest BCUT2D eigenvalue weighted by Crippen LogP contribution is 2.21. The summed E-state index contributed by atoms with van der Waals surface area (Å²) in [6, 6.07) is 0.499. The minimum Gasteiger partial charge on any atom is -0.328 e. The fourth-order valence-corrected chi connectivity index (χ4v) is 2.36. The van der Waals surface area contributed by atoms with E-state index in [2.05, 4.69) is 18.7 Å². The maximum absolute atomic E-state index is 12.0. The largest absolute Gasteiger partial charge is 0.328 e. The number of carbonyl (C=O) groups is 1. The highest BCUT2D eigenvalue weighted by atomic mass is 16.2. The number of likely N-dealkylation sites (tertiary alicyclic amines) is 1. The topological polar surface area (TPSA) is 26.8 Å². The first-order valence-electron chi connectivity index (χ1n) is 6.21. The molecule has 94 valence electrons. The Morgan fingerprint density at radius 1 is 1.31 bits per heavy atom. The molecule has 1 heterocycles. The SMILES string of the molecule is CCN1CC(C)C(N(C)C(=O)N(C)CC)C1. The summed E-state index contributed by atoms with van der Waals surface area (Å²) in [7, 11) is 3.78. The molecule has 2 atom stereocenters. The molecule has 0 N–H and O–H groups in total. The number of nitrogens with zero attached hydrogens (tertiary/aromatic N) is 3. The Labute approximate surface area is 99.2 Å². The number of rotatable bonds is 3. The summed E-state index contributed by atoms with van der Waals surface area (Å²) in [4.78, 5) is 18.1. The summed E-state index contributed by atoms with van der Waals surface area (Å²) >= 11 is 0. The van der Waals surface area contributed by atoms with Gasteiger partial charge in [-0.25, -0.2) is 4.79 Å². The van der Waals surface area contributed by atoms with Gasteiger partial charge < -0.3 is 14.7 Å². The molecule has 4 heteroatoms. The Morgan fingerprint density at radius 3 is 2.38 bits per heavy atom. The Morgan fingerprint density at radius 2 is 1.94 bits per heavy atom. The van der Waals surface area contributed by atoms with Gasteiger partial charge in [0.25, 0.3) is 0 Å². The van der Waals surface area contributed by atoms with Gasteiger partial charge in [0.1, 0.15) is 0 Å². The highest BCUT2D eigenvalue weighted by molar-refractivity contribution is 5.74. The maximum atomic E-state index is 12.0. The van der Waals surface area contributed by atoms with Crippen LogP contribution >= 0.6 is 0 Å². The van der Waals surface area contributed by atoms with E-state index in [1.54, 1.807) is 4.90 Å². The first-order valence-corrected chi connectivity index (χ1v) is 6.21. The van der Waals surface area contributed by atoms with Gasteiger partial charge in [-0.1, -0.05) is 13.8 Å². The number of carbonyl (C=O) groups excluding carboxylic acids is 1. The smallest absolute Gasteiger partial charge is 0.319 e. The molecule has 0 spiro atoms. The van der Waals surface area contributed by atoms with Crippen molar-refractivity contribution in [3.8, 4) is 0 Å². The third kappa shape index (κ3) is 2.67. The van der Waals surface area contributed by atoms with Crippen LogP contribution in [0, 0.1) is 5.92 Å². The molecule has 1 rings (SSSR count). The van der Waals surface area contributed by atoms with Gasteiger partial charge in [0, 0.05) is 39.8 Å². The second kappa shape index (κ2) is 5.53. The van der Waals surface area contributed by atoms with Crippen LogP contribution < -0.4 is 0 Å². The van der Waals surface area contributed by atoms with Crippen LogP contribution in [-0.4, -0.2) is 67.0 Å². The van der Waals surface area contributed by atoms with Crippen LogP contribution in [0.15, 0.2) is 0 Å². The van der Waals surface area contributed by atoms with Crippen molar-refractivity contribution in [2.24, 2.45) is 5.92 Å². The molecule has 2 unspecified atom stereocenters. The van der Waals surface area contributed by atoms with E-state index in [1.165, 1.54) is 0 Å². The fraction of sp³-hybridized carbons (Fsp3) is 0.917. The first kappa shape index (κ1) is 13.3. The van der Waals surface area contributed by atoms with Crippen molar-refractivity contribution in [1.82, 2.24) is 14.7 Å². The van der Waals surface area contributed by atoms with Gasteiger partial charge in [-0.05, 0) is 19.4 Å². The lowest BCUT2D eigenvalue weighted by molar-refractivity contribution is 0.150. The fourth-order valence-electron chi connectivity index (χ4n) is 2.36. The average molecular weight is 227 g/mol. The van der Waals surface area contributed by atoms with Crippen molar-refractivity contribution in [2.45, 2.75) is 26.8 Å². The van der Waals surface area contributed by atoms with Gasteiger partial charge in [0.2, 0.25) is 0 Å². The molecule has 0 radical (unpaired) electrons. The summed E-state index contributed by atoms with van der Waals surface area (Å²) < 4.78 is 0. The molecule has 0 aliphatic carbocycles. The van der Waals surface area contributed by atoms with Gasteiger partial charge in [0.15, 0.2) is 0 Å². The number of hydrogen-bond acceptors (Lipinski definition) is 2. The van der Waals surface area contributed by atoms with Crippen LogP contribution in [0.3, 0.4) is 0 Å². The van der Waals surface area contributed by atoms with Crippen molar-refractivity contribution >= 4 is 6.03 Å². The second-order valence-electron chi connectivity index (χ2n) is 4.80. The summed E-state index contributed by atoms with van der Waals surface area (Å²) in [5, 5.41) is 0. The summed E-state index contributed by atoms with van der Waals surface area (Å²) in [6.45, 7) is 10.4. The highest BCUT2D eigenvalue weighted by Gasteiger charge is 2.34. The second-order valence-corrected chi connectivity index (χ2v) is 4.80. The molecule has 0 saturated carbocycles. The Hall–Kier alpha value is -0.770.